The van der Waals surface area contributed by atoms with Gasteiger partial charge in [-0.15, -0.1) is 11.3 Å². The van der Waals surface area contributed by atoms with Crippen LogP contribution in [0.15, 0.2) is 10.3 Å². The van der Waals surface area contributed by atoms with E-state index in [1.165, 1.54) is 0 Å². The topological polar surface area (TPSA) is 92.6 Å². The van der Waals surface area contributed by atoms with Crippen molar-refractivity contribution in [3.8, 4) is 0 Å². The highest BCUT2D eigenvalue weighted by atomic mass is 35.5. The number of nitrogens with one attached hydrogen (secondary N) is 1. The molecular formula is C10H14ClN3O4S2. The molecule has 112 valence electrons. The van der Waals surface area contributed by atoms with Gasteiger partial charge >= 0.3 is 0 Å². The normalized spacial score (nSPS) is 18.3. The predicted octanol–water partition coefficient (Wildman–Crippen LogP) is 1.68. The van der Waals surface area contributed by atoms with E-state index in [1.807, 2.05) is 7.05 Å². The van der Waals surface area contributed by atoms with Crippen LogP contribution >= 0.6 is 22.9 Å². The molecule has 0 radical (unpaired) electrons. The van der Waals surface area contributed by atoms with Crippen molar-refractivity contribution >= 4 is 38.6 Å². The van der Waals surface area contributed by atoms with E-state index in [4.69, 9.17) is 11.6 Å². The van der Waals surface area contributed by atoms with Crippen LogP contribution in [0, 0.1) is 10.1 Å². The zero-order valence-electron chi connectivity index (χ0n) is 10.7. The van der Waals surface area contributed by atoms with Crippen LogP contribution in [0.4, 0.5) is 5.69 Å². The quantitative estimate of drug-likeness (QED) is 0.665. The van der Waals surface area contributed by atoms with Crippen molar-refractivity contribution in [2.24, 2.45) is 0 Å². The van der Waals surface area contributed by atoms with Crippen molar-refractivity contribution < 1.29 is 13.3 Å². The molecule has 1 saturated heterocycles. The molecule has 0 bridgehead atoms. The molecule has 0 spiro atoms. The average Bonchev–Trinajstić information content (AvgIpc) is 2.75. The highest BCUT2D eigenvalue weighted by Crippen LogP contribution is 2.36. The zero-order chi connectivity index (χ0) is 14.9. The van der Waals surface area contributed by atoms with Gasteiger partial charge in [-0.2, -0.15) is 0 Å². The van der Waals surface area contributed by atoms with Gasteiger partial charge < -0.3 is 4.90 Å². The summed E-state index contributed by atoms with van der Waals surface area (Å²) in [7, 11) is -1.77. The summed E-state index contributed by atoms with van der Waals surface area (Å²) in [5.74, 6) is 0. The van der Waals surface area contributed by atoms with Crippen LogP contribution in [0.1, 0.15) is 12.8 Å². The van der Waals surface area contributed by atoms with Crippen LogP contribution in [0.25, 0.3) is 0 Å². The Balaban J connectivity index is 2.14. The van der Waals surface area contributed by atoms with Crippen LogP contribution in [-0.4, -0.2) is 44.4 Å². The molecule has 1 aromatic heterocycles. The van der Waals surface area contributed by atoms with Gasteiger partial charge in [-0.1, -0.05) is 11.6 Å². The molecule has 1 N–H and O–H groups in total. The lowest BCUT2D eigenvalue weighted by molar-refractivity contribution is -0.384. The Morgan fingerprint density at radius 1 is 1.50 bits per heavy atom. The van der Waals surface area contributed by atoms with Crippen molar-refractivity contribution in [3.63, 3.8) is 0 Å². The molecule has 0 unspecified atom stereocenters. The smallest absolute Gasteiger partial charge is 0.300 e. The molecule has 1 aliphatic heterocycles. The number of hydrogen-bond donors (Lipinski definition) is 1. The van der Waals surface area contributed by atoms with E-state index in [1.54, 1.807) is 0 Å². The predicted molar refractivity (Wildman–Crippen MR) is 76.8 cm³/mol. The second kappa shape index (κ2) is 5.94. The lowest BCUT2D eigenvalue weighted by atomic mass is 10.1. The Morgan fingerprint density at radius 2 is 2.10 bits per heavy atom. The fourth-order valence-corrected chi connectivity index (χ4v) is 4.99. The van der Waals surface area contributed by atoms with E-state index >= 15 is 0 Å². The Morgan fingerprint density at radius 3 is 2.60 bits per heavy atom. The molecule has 0 atom stereocenters. The van der Waals surface area contributed by atoms with Crippen LogP contribution in [0.2, 0.25) is 4.34 Å². The Hall–Kier alpha value is -0.740. The number of piperidine rings is 1. The van der Waals surface area contributed by atoms with Gasteiger partial charge in [0.25, 0.3) is 15.7 Å². The van der Waals surface area contributed by atoms with E-state index in [0.717, 1.165) is 32.0 Å². The maximum Gasteiger partial charge on any atom is 0.300 e. The number of nitro groups is 1. The summed E-state index contributed by atoms with van der Waals surface area (Å²) < 4.78 is 26.7. The standard InChI is InChI=1S/C10H14ClN3O4S2/c1-13-4-2-7(3-5-13)12-20(17,18)9-6-8(14(15)16)10(11)19-9/h6-7,12H,2-5H2,1H3. The van der Waals surface area contributed by atoms with Gasteiger partial charge in [0, 0.05) is 12.1 Å². The summed E-state index contributed by atoms with van der Waals surface area (Å²) in [6.07, 6.45) is 1.44. The number of sulfonamides is 1. The number of thiophene rings is 1. The molecular weight excluding hydrogens is 326 g/mol. The first kappa shape index (κ1) is 15.6. The van der Waals surface area contributed by atoms with Gasteiger partial charge in [-0.05, 0) is 33.0 Å². The molecule has 0 saturated carbocycles. The molecule has 20 heavy (non-hydrogen) atoms. The summed E-state index contributed by atoms with van der Waals surface area (Å²) >= 11 is 6.39. The highest BCUT2D eigenvalue weighted by molar-refractivity contribution is 7.91. The SMILES string of the molecule is CN1CCC(NS(=O)(=O)c2cc([N+](=O)[O-])c(Cl)s2)CC1. The highest BCUT2D eigenvalue weighted by Gasteiger charge is 2.28. The molecule has 0 aromatic carbocycles. The molecule has 7 nitrogen and oxygen atoms in total. The van der Waals surface area contributed by atoms with Gasteiger partial charge in [-0.3, -0.25) is 10.1 Å². The minimum Gasteiger partial charge on any atom is -0.306 e. The first-order chi connectivity index (χ1) is 9.29. The molecule has 0 amide bonds. The Labute approximate surface area is 125 Å². The van der Waals surface area contributed by atoms with Crippen molar-refractivity contribution in [1.29, 1.82) is 0 Å². The molecule has 10 heteroatoms. The first-order valence-electron chi connectivity index (χ1n) is 5.94. The van der Waals surface area contributed by atoms with E-state index in [-0.39, 0.29) is 20.3 Å². The third kappa shape index (κ3) is 3.47. The minimum atomic E-state index is -3.75. The molecule has 1 aromatic rings. The first-order valence-corrected chi connectivity index (χ1v) is 8.62. The summed E-state index contributed by atoms with van der Waals surface area (Å²) in [4.78, 5) is 12.1. The fourth-order valence-electron chi connectivity index (χ4n) is 2.00. The number of likely N-dealkylation sites (tertiary alicyclic amines) is 1. The maximum atomic E-state index is 12.2. The van der Waals surface area contributed by atoms with Crippen molar-refractivity contribution in [2.45, 2.75) is 23.1 Å². The van der Waals surface area contributed by atoms with Gasteiger partial charge in [0.2, 0.25) is 0 Å². The summed E-state index contributed by atoms with van der Waals surface area (Å²) in [6, 6.07) is 0.862. The second-order valence-corrected chi connectivity index (χ2v) is 8.28. The van der Waals surface area contributed by atoms with Gasteiger partial charge in [0.05, 0.1) is 4.92 Å². The van der Waals surface area contributed by atoms with E-state index < -0.39 is 14.9 Å². The van der Waals surface area contributed by atoms with E-state index in [9.17, 15) is 18.5 Å². The van der Waals surface area contributed by atoms with Crippen LogP contribution in [0.5, 0.6) is 0 Å². The van der Waals surface area contributed by atoms with E-state index in [2.05, 4.69) is 9.62 Å². The minimum absolute atomic E-state index is 0.117. The molecule has 0 aliphatic carbocycles. The summed E-state index contributed by atoms with van der Waals surface area (Å²) in [5.41, 5.74) is -0.375. The Bertz CT molecular complexity index is 608. The lowest BCUT2D eigenvalue weighted by Crippen LogP contribution is -2.43. The number of nitrogens with zero attached hydrogens (tertiary/aromatic N) is 2. The van der Waals surface area contributed by atoms with Crippen LogP contribution < -0.4 is 4.72 Å². The number of halogens is 1. The van der Waals surface area contributed by atoms with Gasteiger partial charge in [-0.25, -0.2) is 13.1 Å². The lowest BCUT2D eigenvalue weighted by Gasteiger charge is -2.29. The van der Waals surface area contributed by atoms with Crippen molar-refractivity contribution in [1.82, 2.24) is 9.62 Å². The third-order valence-electron chi connectivity index (χ3n) is 3.15. The summed E-state index contributed by atoms with van der Waals surface area (Å²) in [5, 5.41) is 10.7. The molecule has 1 aliphatic rings. The van der Waals surface area contributed by atoms with Crippen molar-refractivity contribution in [3.05, 3.63) is 20.5 Å². The number of rotatable bonds is 4. The zero-order valence-corrected chi connectivity index (χ0v) is 13.1. The fraction of sp³-hybridized carbons (Fsp3) is 0.600. The Kier molecular flexibility index (Phi) is 4.65. The number of hydrogen-bond acceptors (Lipinski definition) is 6. The van der Waals surface area contributed by atoms with Crippen LogP contribution in [-0.2, 0) is 10.0 Å². The van der Waals surface area contributed by atoms with E-state index in [0.29, 0.717) is 11.3 Å². The third-order valence-corrected chi connectivity index (χ3v) is 6.48. The van der Waals surface area contributed by atoms with Crippen molar-refractivity contribution in [2.75, 3.05) is 20.1 Å². The molecule has 2 heterocycles. The monoisotopic (exact) mass is 339 g/mol. The molecule has 2 rings (SSSR count). The molecule has 1 fully saturated rings. The van der Waals surface area contributed by atoms with Gasteiger partial charge in [0.1, 0.15) is 4.21 Å². The van der Waals surface area contributed by atoms with Crippen LogP contribution in [0.3, 0.4) is 0 Å². The van der Waals surface area contributed by atoms with Gasteiger partial charge in [0.15, 0.2) is 4.34 Å². The average molecular weight is 340 g/mol. The second-order valence-electron chi connectivity index (χ2n) is 4.68. The maximum absolute atomic E-state index is 12.2. The largest absolute Gasteiger partial charge is 0.306 e. The summed E-state index contributed by atoms with van der Waals surface area (Å²) in [6.45, 7) is 1.64.